The Kier molecular flexibility index (Phi) is 5.22. The number of benzene rings is 2. The van der Waals surface area contributed by atoms with Gasteiger partial charge in [-0.2, -0.15) is 8.78 Å². The van der Waals surface area contributed by atoms with Gasteiger partial charge in [-0.05, 0) is 6.07 Å². The molecule has 0 saturated heterocycles. The first-order valence-electron chi connectivity index (χ1n) is 5.31. The molecule has 0 fully saturated rings. The van der Waals surface area contributed by atoms with E-state index in [4.69, 9.17) is 10.2 Å². The van der Waals surface area contributed by atoms with Gasteiger partial charge < -0.3 is 10.2 Å². The van der Waals surface area contributed by atoms with Crippen LogP contribution in [0.3, 0.4) is 0 Å². The van der Waals surface area contributed by atoms with E-state index in [2.05, 4.69) is 0 Å². The van der Waals surface area contributed by atoms with Gasteiger partial charge in [0.25, 0.3) is 0 Å². The van der Waals surface area contributed by atoms with Crippen molar-refractivity contribution in [3.63, 3.8) is 0 Å². The summed E-state index contributed by atoms with van der Waals surface area (Å²) in [6.07, 6.45) is 0. The maximum Gasteiger partial charge on any atom is 0.310 e. The lowest BCUT2D eigenvalue weighted by Crippen LogP contribution is -2.00. The van der Waals surface area contributed by atoms with E-state index in [1.54, 1.807) is 0 Å². The maximum atomic E-state index is 12.2. The van der Waals surface area contributed by atoms with Gasteiger partial charge in [0.2, 0.25) is 29.1 Å². The van der Waals surface area contributed by atoms with Gasteiger partial charge in [-0.1, -0.05) is 12.1 Å². The summed E-state index contributed by atoms with van der Waals surface area (Å²) >= 11 is 0. The number of para-hydroxylation sites is 2. The van der Waals surface area contributed by atoms with Crippen molar-refractivity contribution < 1.29 is 37.1 Å². The highest BCUT2D eigenvalue weighted by Gasteiger charge is 2.24. The molecule has 0 saturated carbocycles. The Labute approximate surface area is 119 Å². The zero-order valence-electron chi connectivity index (χ0n) is 10.4. The summed E-state index contributed by atoms with van der Waals surface area (Å²) in [7, 11) is 0. The van der Waals surface area contributed by atoms with Crippen LogP contribution in [0.2, 0.25) is 0 Å². The monoisotopic (exact) mass is 323 g/mol. The van der Waals surface area contributed by atoms with Crippen LogP contribution in [0.5, 0.6) is 11.5 Å². The molecule has 0 amide bonds. The summed E-state index contributed by atoms with van der Waals surface area (Å²) in [6, 6.07) is 5.55. The molecule has 2 aromatic rings. The van der Waals surface area contributed by atoms with Crippen LogP contribution >= 0.6 is 0 Å². The predicted octanol–water partition coefficient (Wildman–Crippen LogP) is 3.39. The summed E-state index contributed by atoms with van der Waals surface area (Å²) in [6.45, 7) is 0. The zero-order chi connectivity index (χ0) is 17.0. The van der Waals surface area contributed by atoms with Gasteiger partial charge in [-0.15, -0.1) is 0 Å². The highest BCUT2D eigenvalue weighted by molar-refractivity contribution is 5.44. The fourth-order valence-electron chi connectivity index (χ4n) is 1.21. The average Bonchev–Trinajstić information content (AvgIpc) is 2.50. The molecule has 0 aliphatic carbocycles. The predicted molar refractivity (Wildman–Crippen MR) is 62.7 cm³/mol. The van der Waals surface area contributed by atoms with Crippen molar-refractivity contribution in [1.82, 2.24) is 0 Å². The number of nitro benzene ring substituents is 1. The number of hydrogen-bond acceptors (Lipinski definition) is 4. The largest absolute Gasteiger partial charge is 0.503 e. The normalized spacial score (nSPS) is 9.86. The summed E-state index contributed by atoms with van der Waals surface area (Å²) in [5.74, 6) is -13.2. The van der Waals surface area contributed by atoms with Gasteiger partial charge in [0, 0.05) is 6.07 Å². The quantitative estimate of drug-likeness (QED) is 0.277. The molecule has 0 heterocycles. The van der Waals surface area contributed by atoms with Gasteiger partial charge in [-0.3, -0.25) is 10.1 Å². The van der Waals surface area contributed by atoms with Gasteiger partial charge in [0.05, 0.1) is 4.92 Å². The van der Waals surface area contributed by atoms with E-state index in [0.717, 1.165) is 0 Å². The van der Waals surface area contributed by atoms with Crippen molar-refractivity contribution in [2.45, 2.75) is 0 Å². The first kappa shape index (κ1) is 17.1. The molecule has 0 aliphatic heterocycles. The summed E-state index contributed by atoms with van der Waals surface area (Å²) < 4.78 is 60.6. The molecule has 5 nitrogen and oxygen atoms in total. The van der Waals surface area contributed by atoms with E-state index in [1.807, 2.05) is 0 Å². The van der Waals surface area contributed by atoms with Crippen molar-refractivity contribution in [1.29, 1.82) is 0 Å². The topological polar surface area (TPSA) is 83.6 Å². The summed E-state index contributed by atoms with van der Waals surface area (Å²) in [5, 5.41) is 27.2. The second-order valence-corrected chi connectivity index (χ2v) is 3.66. The fraction of sp³-hybridized carbons (Fsp3) is 0. The Bertz CT molecular complexity index is 618. The van der Waals surface area contributed by atoms with E-state index in [9.17, 15) is 32.1 Å². The average molecular weight is 323 g/mol. The Balaban J connectivity index is 0.000000224. The summed E-state index contributed by atoms with van der Waals surface area (Å²) in [5.41, 5.74) is -0.262. The molecular weight excluding hydrogens is 317 g/mol. The molecule has 2 aromatic carbocycles. The third-order valence-corrected chi connectivity index (χ3v) is 2.27. The molecule has 2 rings (SSSR count). The van der Waals surface area contributed by atoms with Crippen LogP contribution in [0.4, 0.5) is 27.6 Å². The van der Waals surface area contributed by atoms with Crippen LogP contribution < -0.4 is 0 Å². The van der Waals surface area contributed by atoms with Gasteiger partial charge in [-0.25, -0.2) is 13.2 Å². The van der Waals surface area contributed by atoms with Crippen molar-refractivity contribution >= 4 is 5.69 Å². The van der Waals surface area contributed by atoms with Crippen LogP contribution in [-0.4, -0.2) is 15.1 Å². The number of phenols is 2. The van der Waals surface area contributed by atoms with Crippen molar-refractivity contribution in [2.75, 3.05) is 0 Å². The number of nitrogens with zero attached hydrogens (tertiary/aromatic N) is 1. The smallest absolute Gasteiger partial charge is 0.310 e. The van der Waals surface area contributed by atoms with Crippen LogP contribution in [-0.2, 0) is 0 Å². The van der Waals surface area contributed by atoms with Crippen LogP contribution in [0.25, 0.3) is 0 Å². The van der Waals surface area contributed by atoms with Gasteiger partial charge >= 0.3 is 5.69 Å². The minimum absolute atomic E-state index is 0.262. The lowest BCUT2D eigenvalue weighted by atomic mass is 10.3. The molecule has 0 atom stereocenters. The SMILES string of the molecule is O=[N+]([O-])c1ccccc1O.Oc1c(F)c(F)c(F)c(F)c1F. The maximum absolute atomic E-state index is 12.2. The van der Waals surface area contributed by atoms with E-state index >= 15 is 0 Å². The number of halogens is 5. The minimum atomic E-state index is -2.29. The third-order valence-electron chi connectivity index (χ3n) is 2.27. The number of nitro groups is 1. The Morgan fingerprint density at radius 3 is 1.59 bits per heavy atom. The van der Waals surface area contributed by atoms with E-state index < -0.39 is 39.8 Å². The van der Waals surface area contributed by atoms with Crippen LogP contribution in [0, 0.1) is 39.2 Å². The Hall–Kier alpha value is -2.91. The lowest BCUT2D eigenvalue weighted by molar-refractivity contribution is -0.385. The molecule has 2 N–H and O–H groups in total. The molecule has 0 unspecified atom stereocenters. The highest BCUT2D eigenvalue weighted by atomic mass is 19.2. The Morgan fingerprint density at radius 1 is 0.818 bits per heavy atom. The third kappa shape index (κ3) is 3.40. The molecule has 0 bridgehead atoms. The first-order chi connectivity index (χ1) is 10.2. The van der Waals surface area contributed by atoms with Crippen LogP contribution in [0.1, 0.15) is 0 Å². The zero-order valence-corrected chi connectivity index (χ0v) is 10.4. The second-order valence-electron chi connectivity index (χ2n) is 3.66. The second kappa shape index (κ2) is 6.70. The molecule has 10 heteroatoms. The van der Waals surface area contributed by atoms with Crippen molar-refractivity contribution in [3.8, 4) is 11.5 Å². The Morgan fingerprint density at radius 2 is 1.23 bits per heavy atom. The standard InChI is InChI=1S/C6HF5O.C6H5NO3/c7-1-2(8)4(10)6(12)5(11)3(1)9;8-6-4-2-1-3-5(6)7(9)10/h12H;1-4,8H. The summed E-state index contributed by atoms with van der Waals surface area (Å²) in [4.78, 5) is 9.44. The van der Waals surface area contributed by atoms with Crippen molar-refractivity contribution in [2.24, 2.45) is 0 Å². The van der Waals surface area contributed by atoms with E-state index in [0.29, 0.717) is 0 Å². The van der Waals surface area contributed by atoms with Gasteiger partial charge in [0.1, 0.15) is 0 Å². The number of hydrogen-bond donors (Lipinski definition) is 2. The van der Waals surface area contributed by atoms with Gasteiger partial charge in [0.15, 0.2) is 11.5 Å². The molecule has 118 valence electrons. The van der Waals surface area contributed by atoms with Crippen molar-refractivity contribution in [3.05, 3.63) is 63.5 Å². The molecule has 0 aliphatic rings. The number of rotatable bonds is 1. The molecule has 0 radical (unpaired) electrons. The molecule has 0 aromatic heterocycles. The fourth-order valence-corrected chi connectivity index (χ4v) is 1.21. The molecule has 0 spiro atoms. The van der Waals surface area contributed by atoms with E-state index in [1.165, 1.54) is 24.3 Å². The highest BCUT2D eigenvalue weighted by Crippen LogP contribution is 2.27. The molecule has 22 heavy (non-hydrogen) atoms. The minimum Gasteiger partial charge on any atom is -0.503 e. The first-order valence-corrected chi connectivity index (χ1v) is 5.31. The number of phenolic OH excluding ortho intramolecular Hbond substituents is 2. The van der Waals surface area contributed by atoms with Crippen LogP contribution in [0.15, 0.2) is 24.3 Å². The molecular formula is C12H6F5NO4. The van der Waals surface area contributed by atoms with E-state index in [-0.39, 0.29) is 11.4 Å². The number of aromatic hydroxyl groups is 2. The lowest BCUT2D eigenvalue weighted by Gasteiger charge is -2.00.